The van der Waals surface area contributed by atoms with Gasteiger partial charge in [-0.25, -0.2) is 4.85 Å². The number of nitrogens with zero attached hydrogens (tertiary/aromatic N) is 2. The molecule has 0 fully saturated rings. The summed E-state index contributed by atoms with van der Waals surface area (Å²) in [6.07, 6.45) is 3.58. The Balaban J connectivity index is 4.62. The van der Waals surface area contributed by atoms with Gasteiger partial charge in [-0.15, -0.1) is 23.5 Å². The fraction of sp³-hybridized carbons (Fsp3) is 0.333. The van der Waals surface area contributed by atoms with E-state index in [1.807, 2.05) is 6.07 Å². The van der Waals surface area contributed by atoms with Gasteiger partial charge in [-0.3, -0.25) is 0 Å². The molecule has 0 N–H and O–H groups in total. The third-order valence-corrected chi connectivity index (χ3v) is 2.30. The highest BCUT2D eigenvalue weighted by Gasteiger charge is 2.01. The van der Waals surface area contributed by atoms with Crippen LogP contribution in [0.3, 0.4) is 0 Å². The molecule has 0 unspecified atom stereocenters. The molecule has 0 rings (SSSR count). The first-order valence-electron chi connectivity index (χ1n) is 2.40. The molecule has 4 heteroatoms. The quantitative estimate of drug-likeness (QED) is 0.470. The van der Waals surface area contributed by atoms with Gasteiger partial charge in [0, 0.05) is 0 Å². The lowest BCUT2D eigenvalue weighted by molar-refractivity contribution is 1.52. The van der Waals surface area contributed by atoms with Crippen molar-refractivity contribution < 1.29 is 0 Å². The van der Waals surface area contributed by atoms with Crippen LogP contribution < -0.4 is 0 Å². The zero-order valence-corrected chi connectivity index (χ0v) is 7.34. The molecule has 0 aliphatic heterocycles. The third kappa shape index (κ3) is 2.34. The summed E-state index contributed by atoms with van der Waals surface area (Å²) < 4.78 is 0. The minimum atomic E-state index is 0.481. The average Bonchev–Trinajstić information content (AvgIpc) is 2.00. The lowest BCUT2D eigenvalue weighted by Crippen LogP contribution is -1.73. The van der Waals surface area contributed by atoms with E-state index in [1.54, 1.807) is 12.5 Å². The van der Waals surface area contributed by atoms with Crippen LogP contribution in [0, 0.1) is 17.9 Å². The first kappa shape index (κ1) is 9.42. The second-order valence-corrected chi connectivity index (χ2v) is 2.88. The first-order chi connectivity index (χ1) is 4.79. The lowest BCUT2D eigenvalue weighted by atomic mass is 10.7. The minimum Gasteiger partial charge on any atom is -0.229 e. The molecule has 0 radical (unpaired) electrons. The molecule has 0 aromatic heterocycles. The Morgan fingerprint density at radius 3 is 2.20 bits per heavy atom. The predicted octanol–water partition coefficient (Wildman–Crippen LogP) is 2.32. The van der Waals surface area contributed by atoms with Gasteiger partial charge in [0.1, 0.15) is 0 Å². The monoisotopic (exact) mass is 170 g/mol. The molecule has 0 spiro atoms. The van der Waals surface area contributed by atoms with E-state index in [1.165, 1.54) is 23.5 Å². The predicted molar refractivity (Wildman–Crippen MR) is 46.3 cm³/mol. The highest BCUT2D eigenvalue weighted by molar-refractivity contribution is 8.06. The Labute approximate surface area is 69.1 Å². The highest BCUT2D eigenvalue weighted by atomic mass is 32.2. The van der Waals surface area contributed by atoms with Gasteiger partial charge >= 0.3 is 0 Å². The van der Waals surface area contributed by atoms with Gasteiger partial charge in [0.15, 0.2) is 0 Å². The Morgan fingerprint density at radius 1 is 1.50 bits per heavy atom. The fourth-order valence-corrected chi connectivity index (χ4v) is 1.50. The van der Waals surface area contributed by atoms with Crippen molar-refractivity contribution in [3.63, 3.8) is 0 Å². The largest absolute Gasteiger partial charge is 0.244 e. The van der Waals surface area contributed by atoms with Gasteiger partial charge in [-0.2, -0.15) is 5.26 Å². The summed E-state index contributed by atoms with van der Waals surface area (Å²) in [4.78, 5) is 3.70. The van der Waals surface area contributed by atoms with Gasteiger partial charge < -0.3 is 0 Å². The van der Waals surface area contributed by atoms with Crippen molar-refractivity contribution in [2.45, 2.75) is 0 Å². The molecule has 0 saturated carbocycles. The van der Waals surface area contributed by atoms with Gasteiger partial charge in [0.25, 0.3) is 0 Å². The van der Waals surface area contributed by atoms with Crippen molar-refractivity contribution in [3.8, 4) is 6.07 Å². The zero-order chi connectivity index (χ0) is 7.98. The van der Waals surface area contributed by atoms with E-state index >= 15 is 0 Å². The lowest BCUT2D eigenvalue weighted by Gasteiger charge is -1.93. The van der Waals surface area contributed by atoms with Crippen molar-refractivity contribution in [3.05, 3.63) is 21.4 Å². The van der Waals surface area contributed by atoms with Crippen molar-refractivity contribution >= 4 is 23.5 Å². The van der Waals surface area contributed by atoms with Gasteiger partial charge in [0.2, 0.25) is 5.03 Å². The molecule has 0 atom stereocenters. The number of hydrogen-bond acceptors (Lipinski definition) is 3. The molecular formula is C6H6N2S2. The molecule has 0 heterocycles. The zero-order valence-electron chi connectivity index (χ0n) is 5.71. The van der Waals surface area contributed by atoms with Crippen molar-refractivity contribution in [1.82, 2.24) is 0 Å². The second-order valence-electron chi connectivity index (χ2n) is 1.27. The molecule has 0 bridgehead atoms. The molecule has 2 nitrogen and oxygen atoms in total. The molecule has 10 heavy (non-hydrogen) atoms. The van der Waals surface area contributed by atoms with E-state index in [9.17, 15) is 0 Å². The smallest absolute Gasteiger partial charge is 0.229 e. The maximum Gasteiger partial charge on any atom is 0.244 e. The van der Waals surface area contributed by atoms with Gasteiger partial charge in [-0.1, -0.05) is 0 Å². The summed E-state index contributed by atoms with van der Waals surface area (Å²) >= 11 is 2.62. The number of nitriles is 1. The maximum absolute atomic E-state index is 8.47. The van der Waals surface area contributed by atoms with E-state index in [0.717, 1.165) is 0 Å². The number of thioether (sulfide) groups is 2. The SMILES string of the molecule is [C-]#[N+]C(SC)=C(C#N)SC. The summed E-state index contributed by atoms with van der Waals surface area (Å²) in [5, 5.41) is 8.95. The minimum absolute atomic E-state index is 0.481. The standard InChI is InChI=1S/C6H6N2S2/c1-8-6(10-3)5(4-7)9-2/h2-3H3. The first-order valence-corrected chi connectivity index (χ1v) is 4.85. The summed E-state index contributed by atoms with van der Waals surface area (Å²) in [6, 6.07) is 1.96. The number of rotatable bonds is 2. The van der Waals surface area contributed by atoms with E-state index in [2.05, 4.69) is 4.85 Å². The Bertz CT molecular complexity index is 195. The molecule has 0 amide bonds. The average molecular weight is 170 g/mol. The van der Waals surface area contributed by atoms with Crippen LogP contribution in [0.5, 0.6) is 0 Å². The highest BCUT2D eigenvalue weighted by Crippen LogP contribution is 2.24. The number of allylic oxidation sites excluding steroid dienone is 1. The molecule has 0 aliphatic rings. The van der Waals surface area contributed by atoms with Crippen LogP contribution >= 0.6 is 23.5 Å². The number of hydrogen-bond donors (Lipinski definition) is 0. The van der Waals surface area contributed by atoms with Crippen molar-refractivity contribution in [2.24, 2.45) is 0 Å². The van der Waals surface area contributed by atoms with Crippen LogP contribution in [-0.4, -0.2) is 12.5 Å². The van der Waals surface area contributed by atoms with Crippen LogP contribution in [0.2, 0.25) is 0 Å². The maximum atomic E-state index is 8.47. The molecule has 0 aliphatic carbocycles. The van der Waals surface area contributed by atoms with Crippen LogP contribution in [0.25, 0.3) is 4.85 Å². The van der Waals surface area contributed by atoms with E-state index in [4.69, 9.17) is 11.8 Å². The summed E-state index contributed by atoms with van der Waals surface area (Å²) in [5.41, 5.74) is 0. The van der Waals surface area contributed by atoms with Crippen LogP contribution in [0.4, 0.5) is 0 Å². The van der Waals surface area contributed by atoms with E-state index < -0.39 is 0 Å². The topological polar surface area (TPSA) is 28.1 Å². The van der Waals surface area contributed by atoms with Crippen molar-refractivity contribution in [1.29, 1.82) is 5.26 Å². The Morgan fingerprint density at radius 2 is 2.10 bits per heavy atom. The van der Waals surface area contributed by atoms with Crippen LogP contribution in [-0.2, 0) is 0 Å². The van der Waals surface area contributed by atoms with Gasteiger partial charge in [-0.05, 0) is 12.5 Å². The summed E-state index contributed by atoms with van der Waals surface area (Å²) in [6.45, 7) is 6.68. The van der Waals surface area contributed by atoms with E-state index in [0.29, 0.717) is 9.93 Å². The fourth-order valence-electron chi connectivity index (χ4n) is 0.370. The summed E-state index contributed by atoms with van der Waals surface area (Å²) in [5.74, 6) is 0. The molecular weight excluding hydrogens is 164 g/mol. The Kier molecular flexibility index (Phi) is 4.92. The molecule has 0 aromatic rings. The third-order valence-electron chi connectivity index (χ3n) is 0.795. The molecule has 0 aromatic carbocycles. The Hall–Kier alpha value is -0.580. The summed E-state index contributed by atoms with van der Waals surface area (Å²) in [7, 11) is 0. The normalized spacial score (nSPS) is 11.2. The molecule has 0 saturated heterocycles. The van der Waals surface area contributed by atoms with E-state index in [-0.39, 0.29) is 0 Å². The van der Waals surface area contributed by atoms with Gasteiger partial charge in [0.05, 0.1) is 17.5 Å². The molecule has 52 valence electrons. The second kappa shape index (κ2) is 5.22. The van der Waals surface area contributed by atoms with Crippen LogP contribution in [0.1, 0.15) is 0 Å². The van der Waals surface area contributed by atoms with Crippen molar-refractivity contribution in [2.75, 3.05) is 12.5 Å². The van der Waals surface area contributed by atoms with Crippen LogP contribution in [0.15, 0.2) is 9.93 Å².